The predicted octanol–water partition coefficient (Wildman–Crippen LogP) is 0.117. The Morgan fingerprint density at radius 1 is 1.48 bits per heavy atom. The van der Waals surface area contributed by atoms with E-state index in [1.807, 2.05) is 0 Å². The van der Waals surface area contributed by atoms with E-state index in [0.29, 0.717) is 23.1 Å². The summed E-state index contributed by atoms with van der Waals surface area (Å²) in [4.78, 5) is 19.4. The van der Waals surface area contributed by atoms with Gasteiger partial charge in [0.15, 0.2) is 11.5 Å². The van der Waals surface area contributed by atoms with E-state index >= 15 is 0 Å². The summed E-state index contributed by atoms with van der Waals surface area (Å²) in [5.41, 5.74) is 0.752. The van der Waals surface area contributed by atoms with Crippen LogP contribution < -0.4 is 0 Å². The number of nitrogens with zero attached hydrogens (tertiary/aromatic N) is 7. The van der Waals surface area contributed by atoms with Crippen molar-refractivity contribution in [2.24, 2.45) is 7.05 Å². The van der Waals surface area contributed by atoms with Gasteiger partial charge in [0, 0.05) is 7.05 Å². The molecular weight excluding hydrogens is 278 g/mol. The molecule has 21 heavy (non-hydrogen) atoms. The van der Waals surface area contributed by atoms with Crippen LogP contribution >= 0.6 is 0 Å². The van der Waals surface area contributed by atoms with Crippen molar-refractivity contribution in [3.8, 4) is 11.4 Å². The van der Waals surface area contributed by atoms with Gasteiger partial charge in [-0.15, -0.1) is 5.10 Å². The van der Waals surface area contributed by atoms with Gasteiger partial charge in [0.1, 0.15) is 12.2 Å². The van der Waals surface area contributed by atoms with E-state index in [-0.39, 0.29) is 12.2 Å². The lowest BCUT2D eigenvalue weighted by molar-refractivity contribution is 0.0691. The molecule has 0 unspecified atom stereocenters. The molecule has 0 amide bonds. The highest BCUT2D eigenvalue weighted by Crippen LogP contribution is 2.22. The van der Waals surface area contributed by atoms with Crippen LogP contribution in [0.25, 0.3) is 11.4 Å². The molecule has 10 heteroatoms. The number of carboxylic acids is 1. The average molecular weight is 289 g/mol. The Kier molecular flexibility index (Phi) is 2.97. The number of aromatic nitrogens is 7. The van der Waals surface area contributed by atoms with Crippen LogP contribution in [0.4, 0.5) is 0 Å². The highest BCUT2D eigenvalue weighted by atomic mass is 16.5. The third kappa shape index (κ3) is 2.26. The number of hydrogen-bond donors (Lipinski definition) is 1. The minimum absolute atomic E-state index is 0.127. The summed E-state index contributed by atoms with van der Waals surface area (Å²) in [7, 11) is 1.75. The Labute approximate surface area is 118 Å². The zero-order valence-corrected chi connectivity index (χ0v) is 11.3. The molecule has 10 nitrogen and oxygen atoms in total. The number of aryl methyl sites for hydroxylation is 2. The second kappa shape index (κ2) is 4.81. The maximum absolute atomic E-state index is 11.3. The molecule has 0 atom stereocenters. The fourth-order valence-electron chi connectivity index (χ4n) is 1.94. The lowest BCUT2D eigenvalue weighted by Crippen LogP contribution is -2.08. The van der Waals surface area contributed by atoms with E-state index in [2.05, 4.69) is 25.4 Å². The first-order chi connectivity index (χ1) is 10.1. The number of rotatable bonds is 4. The summed E-state index contributed by atoms with van der Waals surface area (Å²) in [6, 6.07) is 0. The van der Waals surface area contributed by atoms with Crippen LogP contribution in [0.3, 0.4) is 0 Å². The van der Waals surface area contributed by atoms with Gasteiger partial charge in [0.25, 0.3) is 0 Å². The summed E-state index contributed by atoms with van der Waals surface area (Å²) < 4.78 is 8.10. The SMILES string of the molecule is Cc1noc(Cn2nnc(C(=O)O)c2-c2cncn2C)n1. The van der Waals surface area contributed by atoms with Gasteiger partial charge in [-0.2, -0.15) is 4.98 Å². The molecule has 0 fully saturated rings. The first-order valence-electron chi connectivity index (χ1n) is 5.99. The van der Waals surface area contributed by atoms with Crippen LogP contribution in [-0.4, -0.2) is 45.8 Å². The van der Waals surface area contributed by atoms with Crippen LogP contribution in [0.1, 0.15) is 22.2 Å². The summed E-state index contributed by atoms with van der Waals surface area (Å²) >= 11 is 0. The maximum Gasteiger partial charge on any atom is 0.358 e. The Hall–Kier alpha value is -3.04. The Balaban J connectivity index is 2.09. The van der Waals surface area contributed by atoms with E-state index in [1.54, 1.807) is 31.1 Å². The van der Waals surface area contributed by atoms with E-state index in [0.717, 1.165) is 0 Å². The minimum Gasteiger partial charge on any atom is -0.476 e. The summed E-state index contributed by atoms with van der Waals surface area (Å²) in [6.07, 6.45) is 3.11. The van der Waals surface area contributed by atoms with Gasteiger partial charge < -0.3 is 14.2 Å². The largest absolute Gasteiger partial charge is 0.476 e. The van der Waals surface area contributed by atoms with Gasteiger partial charge in [-0.05, 0) is 6.92 Å². The Morgan fingerprint density at radius 3 is 2.86 bits per heavy atom. The van der Waals surface area contributed by atoms with Crippen molar-refractivity contribution in [3.63, 3.8) is 0 Å². The smallest absolute Gasteiger partial charge is 0.358 e. The number of hydrogen-bond acceptors (Lipinski definition) is 7. The molecule has 0 radical (unpaired) electrons. The van der Waals surface area contributed by atoms with E-state index in [9.17, 15) is 9.90 Å². The Bertz CT molecular complexity index is 800. The van der Waals surface area contributed by atoms with E-state index in [1.165, 1.54) is 4.68 Å². The van der Waals surface area contributed by atoms with Gasteiger partial charge >= 0.3 is 5.97 Å². The molecule has 1 N–H and O–H groups in total. The normalized spacial score (nSPS) is 11.0. The van der Waals surface area contributed by atoms with Gasteiger partial charge in [-0.3, -0.25) is 0 Å². The quantitative estimate of drug-likeness (QED) is 0.717. The first-order valence-corrected chi connectivity index (χ1v) is 5.99. The minimum atomic E-state index is -1.17. The molecule has 0 spiro atoms. The second-order valence-corrected chi connectivity index (χ2v) is 4.37. The molecule has 3 rings (SSSR count). The fourth-order valence-corrected chi connectivity index (χ4v) is 1.94. The maximum atomic E-state index is 11.3. The molecule has 0 aromatic carbocycles. The standard InChI is InChI=1S/C11H11N7O3/c1-6-13-8(21-15-6)4-18-10(7-3-12-5-17(7)2)9(11(19)20)14-16-18/h3,5H,4H2,1-2H3,(H,19,20). The summed E-state index contributed by atoms with van der Waals surface area (Å²) in [5, 5.41) is 20.5. The van der Waals surface area contributed by atoms with Gasteiger partial charge in [0.2, 0.25) is 5.89 Å². The van der Waals surface area contributed by atoms with Crippen molar-refractivity contribution in [1.82, 2.24) is 34.7 Å². The van der Waals surface area contributed by atoms with Crippen LogP contribution in [0, 0.1) is 6.92 Å². The van der Waals surface area contributed by atoms with Crippen LogP contribution in [0.2, 0.25) is 0 Å². The second-order valence-electron chi connectivity index (χ2n) is 4.37. The highest BCUT2D eigenvalue weighted by Gasteiger charge is 2.23. The molecule has 0 saturated carbocycles. The van der Waals surface area contributed by atoms with Gasteiger partial charge in [-0.25, -0.2) is 14.5 Å². The molecule has 0 aliphatic carbocycles. The molecule has 3 aromatic heterocycles. The lowest BCUT2D eigenvalue weighted by Gasteiger charge is -2.05. The van der Waals surface area contributed by atoms with E-state index < -0.39 is 5.97 Å². The summed E-state index contributed by atoms with van der Waals surface area (Å²) in [5.74, 6) is -0.359. The topological polar surface area (TPSA) is 125 Å². The Morgan fingerprint density at radius 2 is 2.29 bits per heavy atom. The molecule has 108 valence electrons. The third-order valence-corrected chi connectivity index (χ3v) is 2.85. The fraction of sp³-hybridized carbons (Fsp3) is 0.273. The van der Waals surface area contributed by atoms with Crippen molar-refractivity contribution in [2.45, 2.75) is 13.5 Å². The van der Waals surface area contributed by atoms with Crippen LogP contribution in [0.15, 0.2) is 17.0 Å². The number of carbonyl (C=O) groups is 1. The molecule has 0 aliphatic heterocycles. The molecule has 0 bridgehead atoms. The van der Waals surface area contributed by atoms with Crippen molar-refractivity contribution >= 4 is 5.97 Å². The van der Waals surface area contributed by atoms with E-state index in [4.69, 9.17) is 4.52 Å². The van der Waals surface area contributed by atoms with Gasteiger partial charge in [0.05, 0.1) is 18.2 Å². The van der Waals surface area contributed by atoms with Crippen LogP contribution in [0.5, 0.6) is 0 Å². The van der Waals surface area contributed by atoms with Crippen molar-refractivity contribution < 1.29 is 14.4 Å². The van der Waals surface area contributed by atoms with Crippen LogP contribution in [-0.2, 0) is 13.6 Å². The lowest BCUT2D eigenvalue weighted by atomic mass is 10.2. The number of carboxylic acid groups (broad SMARTS) is 1. The van der Waals surface area contributed by atoms with Gasteiger partial charge in [-0.1, -0.05) is 10.4 Å². The average Bonchev–Trinajstić information content (AvgIpc) is 3.11. The molecular formula is C11H11N7O3. The first kappa shape index (κ1) is 13.0. The zero-order valence-electron chi connectivity index (χ0n) is 11.3. The number of aromatic carboxylic acids is 1. The number of imidazole rings is 1. The molecule has 3 aromatic rings. The monoisotopic (exact) mass is 289 g/mol. The summed E-state index contributed by atoms with van der Waals surface area (Å²) in [6.45, 7) is 1.82. The van der Waals surface area contributed by atoms with Crippen molar-refractivity contribution in [1.29, 1.82) is 0 Å². The highest BCUT2D eigenvalue weighted by molar-refractivity contribution is 5.92. The zero-order chi connectivity index (χ0) is 15.0. The third-order valence-electron chi connectivity index (χ3n) is 2.85. The molecule has 0 saturated heterocycles. The molecule has 0 aliphatic rings. The van der Waals surface area contributed by atoms with Crippen molar-refractivity contribution in [3.05, 3.63) is 29.9 Å². The molecule has 3 heterocycles. The predicted molar refractivity (Wildman–Crippen MR) is 67.3 cm³/mol. The van der Waals surface area contributed by atoms with Crippen molar-refractivity contribution in [2.75, 3.05) is 0 Å².